The molecule has 106 valence electrons. The normalized spacial score (nSPS) is 24.3. The van der Waals surface area contributed by atoms with Crippen LogP contribution in [0.1, 0.15) is 45.4 Å². The molecule has 18 heavy (non-hydrogen) atoms. The third-order valence-electron chi connectivity index (χ3n) is 5.10. The van der Waals surface area contributed by atoms with E-state index >= 15 is 0 Å². The highest BCUT2D eigenvalue weighted by Crippen LogP contribution is 2.37. The highest BCUT2D eigenvalue weighted by atomic mass is 15.2. The lowest BCUT2D eigenvalue weighted by Crippen LogP contribution is -2.57. The van der Waals surface area contributed by atoms with Crippen LogP contribution >= 0.6 is 0 Å². The first-order valence-corrected chi connectivity index (χ1v) is 7.64. The summed E-state index contributed by atoms with van der Waals surface area (Å²) >= 11 is 0. The number of nitrogens with one attached hydrogen (secondary N) is 1. The molecular weight excluding hydrogens is 222 g/mol. The predicted octanol–water partition coefficient (Wildman–Crippen LogP) is 1.93. The summed E-state index contributed by atoms with van der Waals surface area (Å²) in [6.07, 6.45) is 8.22. The van der Waals surface area contributed by atoms with Gasteiger partial charge in [-0.15, -0.1) is 0 Å². The molecule has 2 aliphatic carbocycles. The van der Waals surface area contributed by atoms with Gasteiger partial charge < -0.3 is 15.1 Å². The van der Waals surface area contributed by atoms with Crippen LogP contribution in [0.3, 0.4) is 0 Å². The number of likely N-dealkylation sites (N-methyl/N-ethyl adjacent to an activating group) is 2. The largest absolute Gasteiger partial charge is 0.314 e. The van der Waals surface area contributed by atoms with Crippen LogP contribution in [0.15, 0.2) is 0 Å². The quantitative estimate of drug-likeness (QED) is 0.713. The summed E-state index contributed by atoms with van der Waals surface area (Å²) in [4.78, 5) is 5.01. The molecule has 0 aromatic rings. The second-order valence-corrected chi connectivity index (χ2v) is 6.75. The minimum atomic E-state index is 0.465. The molecule has 0 aliphatic heterocycles. The summed E-state index contributed by atoms with van der Waals surface area (Å²) in [6, 6.07) is 1.54. The number of hydrogen-bond acceptors (Lipinski definition) is 3. The molecule has 2 aliphatic rings. The van der Waals surface area contributed by atoms with Crippen LogP contribution in [0.25, 0.3) is 0 Å². The van der Waals surface area contributed by atoms with Gasteiger partial charge in [-0.05, 0) is 73.1 Å². The van der Waals surface area contributed by atoms with Crippen LogP contribution in [-0.4, -0.2) is 61.7 Å². The molecule has 2 rings (SSSR count). The Labute approximate surface area is 113 Å². The highest BCUT2D eigenvalue weighted by molar-refractivity contribution is 4.98. The van der Waals surface area contributed by atoms with Gasteiger partial charge in [0.1, 0.15) is 0 Å². The average molecular weight is 253 g/mol. The van der Waals surface area contributed by atoms with Crippen LogP contribution in [0, 0.1) is 0 Å². The molecule has 3 heteroatoms. The van der Waals surface area contributed by atoms with E-state index in [0.717, 1.165) is 6.04 Å². The van der Waals surface area contributed by atoms with Crippen molar-refractivity contribution < 1.29 is 0 Å². The van der Waals surface area contributed by atoms with Crippen molar-refractivity contribution in [2.75, 3.05) is 34.2 Å². The van der Waals surface area contributed by atoms with E-state index in [0.29, 0.717) is 11.6 Å². The van der Waals surface area contributed by atoms with E-state index < -0.39 is 0 Å². The predicted molar refractivity (Wildman–Crippen MR) is 78.0 cm³/mol. The van der Waals surface area contributed by atoms with Gasteiger partial charge in [-0.3, -0.25) is 0 Å². The van der Waals surface area contributed by atoms with Crippen LogP contribution in [0.2, 0.25) is 0 Å². The van der Waals surface area contributed by atoms with Gasteiger partial charge in [-0.1, -0.05) is 0 Å². The minimum Gasteiger partial charge on any atom is -0.314 e. The Kier molecular flexibility index (Phi) is 4.68. The number of hydrogen-bond donors (Lipinski definition) is 1. The van der Waals surface area contributed by atoms with Gasteiger partial charge in [0.15, 0.2) is 0 Å². The Morgan fingerprint density at radius 1 is 1.22 bits per heavy atom. The van der Waals surface area contributed by atoms with Gasteiger partial charge in [-0.25, -0.2) is 0 Å². The van der Waals surface area contributed by atoms with Crippen LogP contribution in [0.4, 0.5) is 0 Å². The number of nitrogens with zero attached hydrogens (tertiary/aromatic N) is 2. The van der Waals surface area contributed by atoms with Crippen molar-refractivity contribution in [3.63, 3.8) is 0 Å². The summed E-state index contributed by atoms with van der Waals surface area (Å²) < 4.78 is 0. The first kappa shape index (κ1) is 14.3. The molecule has 1 atom stereocenters. The van der Waals surface area contributed by atoms with Crippen molar-refractivity contribution in [2.45, 2.75) is 63.1 Å². The fourth-order valence-corrected chi connectivity index (χ4v) is 2.96. The molecule has 1 unspecified atom stereocenters. The molecular formula is C15H31N3. The Morgan fingerprint density at radius 3 is 2.33 bits per heavy atom. The molecule has 3 nitrogen and oxygen atoms in total. The SMILES string of the molecule is CC(CCNC1CC1)N(C)CC1(N(C)C)CCC1. The zero-order valence-corrected chi connectivity index (χ0v) is 12.7. The van der Waals surface area contributed by atoms with Crippen molar-refractivity contribution >= 4 is 0 Å². The van der Waals surface area contributed by atoms with Gasteiger partial charge in [0, 0.05) is 24.2 Å². The van der Waals surface area contributed by atoms with Crippen molar-refractivity contribution in [1.82, 2.24) is 15.1 Å². The zero-order chi connectivity index (χ0) is 13.2. The van der Waals surface area contributed by atoms with E-state index in [-0.39, 0.29) is 0 Å². The van der Waals surface area contributed by atoms with E-state index in [4.69, 9.17) is 0 Å². The van der Waals surface area contributed by atoms with Crippen LogP contribution in [0.5, 0.6) is 0 Å². The topological polar surface area (TPSA) is 18.5 Å². The van der Waals surface area contributed by atoms with Gasteiger partial charge in [0.2, 0.25) is 0 Å². The number of rotatable bonds is 8. The molecule has 0 aromatic carbocycles. The lowest BCUT2D eigenvalue weighted by Gasteiger charge is -2.50. The fraction of sp³-hybridized carbons (Fsp3) is 1.00. The van der Waals surface area contributed by atoms with Gasteiger partial charge in [0.25, 0.3) is 0 Å². The molecule has 2 fully saturated rings. The van der Waals surface area contributed by atoms with E-state index in [9.17, 15) is 0 Å². The molecule has 0 bridgehead atoms. The summed E-state index contributed by atoms with van der Waals surface area (Å²) in [5.41, 5.74) is 0.465. The molecule has 0 saturated heterocycles. The summed E-state index contributed by atoms with van der Waals surface area (Å²) in [7, 11) is 6.78. The third-order valence-corrected chi connectivity index (χ3v) is 5.10. The lowest BCUT2D eigenvalue weighted by molar-refractivity contribution is 0.0173. The van der Waals surface area contributed by atoms with E-state index in [1.54, 1.807) is 0 Å². The van der Waals surface area contributed by atoms with Gasteiger partial charge >= 0.3 is 0 Å². The second kappa shape index (κ2) is 5.89. The third kappa shape index (κ3) is 3.46. The Morgan fingerprint density at radius 2 is 1.89 bits per heavy atom. The molecule has 2 saturated carbocycles. The van der Waals surface area contributed by atoms with Crippen molar-refractivity contribution in [1.29, 1.82) is 0 Å². The van der Waals surface area contributed by atoms with E-state index in [2.05, 4.69) is 43.2 Å². The molecule has 0 spiro atoms. The Hall–Kier alpha value is -0.120. The Bertz CT molecular complexity index is 256. The average Bonchev–Trinajstić information content (AvgIpc) is 3.06. The standard InChI is InChI=1S/C15H31N3/c1-13(8-11-16-14-6-7-14)18(4)12-15(17(2)3)9-5-10-15/h13-14,16H,5-12H2,1-4H3. The van der Waals surface area contributed by atoms with Crippen molar-refractivity contribution in [3.05, 3.63) is 0 Å². The summed E-state index contributed by atoms with van der Waals surface area (Å²) in [5.74, 6) is 0. The first-order chi connectivity index (χ1) is 8.53. The lowest BCUT2D eigenvalue weighted by atomic mass is 9.75. The monoisotopic (exact) mass is 253 g/mol. The van der Waals surface area contributed by atoms with Crippen LogP contribution < -0.4 is 5.32 Å². The summed E-state index contributed by atoms with van der Waals surface area (Å²) in [5, 5.41) is 3.62. The molecule has 1 N–H and O–H groups in total. The van der Waals surface area contributed by atoms with E-state index in [1.807, 2.05) is 0 Å². The minimum absolute atomic E-state index is 0.465. The van der Waals surface area contributed by atoms with E-state index in [1.165, 1.54) is 51.6 Å². The molecule has 0 radical (unpaired) electrons. The second-order valence-electron chi connectivity index (χ2n) is 6.75. The smallest absolute Gasteiger partial charge is 0.0330 e. The van der Waals surface area contributed by atoms with Crippen molar-refractivity contribution in [3.8, 4) is 0 Å². The van der Waals surface area contributed by atoms with Crippen molar-refractivity contribution in [2.24, 2.45) is 0 Å². The van der Waals surface area contributed by atoms with Gasteiger partial charge in [0.05, 0.1) is 0 Å². The summed E-state index contributed by atoms with van der Waals surface area (Å²) in [6.45, 7) is 4.78. The molecule has 0 aromatic heterocycles. The first-order valence-electron chi connectivity index (χ1n) is 7.64. The zero-order valence-electron chi connectivity index (χ0n) is 12.7. The molecule has 0 amide bonds. The Balaban J connectivity index is 1.69. The maximum absolute atomic E-state index is 3.62. The van der Waals surface area contributed by atoms with Crippen LogP contribution in [-0.2, 0) is 0 Å². The van der Waals surface area contributed by atoms with Gasteiger partial charge in [-0.2, -0.15) is 0 Å². The maximum atomic E-state index is 3.62. The maximum Gasteiger partial charge on any atom is 0.0330 e. The molecule has 0 heterocycles. The fourth-order valence-electron chi connectivity index (χ4n) is 2.96. The highest BCUT2D eigenvalue weighted by Gasteiger charge is 2.40.